The van der Waals surface area contributed by atoms with Gasteiger partial charge in [-0.15, -0.1) is 0 Å². The Morgan fingerprint density at radius 3 is 2.00 bits per heavy atom. The number of hydrogen-bond donors (Lipinski definition) is 0. The van der Waals surface area contributed by atoms with Gasteiger partial charge in [-0.1, -0.05) is 6.92 Å². The van der Waals surface area contributed by atoms with Crippen LogP contribution in [0.25, 0.3) is 0 Å². The van der Waals surface area contributed by atoms with E-state index in [0.29, 0.717) is 6.42 Å². The van der Waals surface area contributed by atoms with Crippen LogP contribution in [0, 0.1) is 0 Å². The first-order chi connectivity index (χ1) is 5.97. The van der Waals surface area contributed by atoms with Crippen molar-refractivity contribution in [1.29, 1.82) is 0 Å². The van der Waals surface area contributed by atoms with Crippen LogP contribution in [-0.4, -0.2) is 24.3 Å². The van der Waals surface area contributed by atoms with E-state index in [2.05, 4.69) is 0 Å². The average Bonchev–Trinajstić information content (AvgIpc) is 1.98. The minimum atomic E-state index is -0.414. The first kappa shape index (κ1) is 12.4. The van der Waals surface area contributed by atoms with Crippen molar-refractivity contribution in [2.75, 3.05) is 0 Å². The highest BCUT2D eigenvalue weighted by Gasteiger charge is 2.20. The molecule has 0 fully saturated rings. The number of carbonyl (C=O) groups excluding carboxylic acids is 1. The van der Waals surface area contributed by atoms with Crippen molar-refractivity contribution in [3.63, 3.8) is 0 Å². The molecule has 0 unspecified atom stereocenters. The predicted octanol–water partition coefficient (Wildman–Crippen LogP) is 2.14. The number of carbonyl (C=O) groups is 1. The van der Waals surface area contributed by atoms with E-state index in [0.717, 1.165) is 0 Å². The third-order valence-electron chi connectivity index (χ3n) is 1.42. The summed E-state index contributed by atoms with van der Waals surface area (Å²) in [6.45, 7) is 9.39. The molecule has 0 aromatic heterocycles. The Morgan fingerprint density at radius 2 is 1.69 bits per heavy atom. The summed E-state index contributed by atoms with van der Waals surface area (Å²) < 4.78 is 10.4. The molecule has 78 valence electrons. The number of rotatable bonds is 5. The highest BCUT2D eigenvalue weighted by molar-refractivity contribution is 5.74. The van der Waals surface area contributed by atoms with E-state index >= 15 is 0 Å². The second-order valence-corrected chi connectivity index (χ2v) is 3.57. The fourth-order valence-electron chi connectivity index (χ4n) is 0.955. The zero-order valence-electron chi connectivity index (χ0n) is 9.16. The normalized spacial score (nSPS) is 13.5. The number of esters is 1. The van der Waals surface area contributed by atoms with Crippen molar-refractivity contribution < 1.29 is 14.3 Å². The van der Waals surface area contributed by atoms with Gasteiger partial charge in [0.2, 0.25) is 0 Å². The van der Waals surface area contributed by atoms with Crippen LogP contribution in [-0.2, 0) is 14.3 Å². The molecule has 0 saturated heterocycles. The lowest BCUT2D eigenvalue weighted by Gasteiger charge is -2.18. The topological polar surface area (TPSA) is 35.5 Å². The summed E-state index contributed by atoms with van der Waals surface area (Å²) in [6.07, 6.45) is 0.230. The van der Waals surface area contributed by atoms with Gasteiger partial charge in [0.15, 0.2) is 6.10 Å². The molecule has 0 N–H and O–H groups in total. The highest BCUT2D eigenvalue weighted by atomic mass is 16.6. The van der Waals surface area contributed by atoms with Crippen LogP contribution in [0.15, 0.2) is 0 Å². The maximum atomic E-state index is 11.4. The molecule has 3 heteroatoms. The summed E-state index contributed by atoms with van der Waals surface area (Å²) in [4.78, 5) is 11.4. The summed E-state index contributed by atoms with van der Waals surface area (Å²) in [5.41, 5.74) is 0. The third-order valence-corrected chi connectivity index (χ3v) is 1.42. The van der Waals surface area contributed by atoms with Crippen LogP contribution in [0.1, 0.15) is 41.0 Å². The van der Waals surface area contributed by atoms with E-state index in [1.807, 2.05) is 34.6 Å². The SMILES string of the molecule is CC[C@@H](OC(C)C)C(=O)OC(C)C. The van der Waals surface area contributed by atoms with Crippen LogP contribution in [0.5, 0.6) is 0 Å². The van der Waals surface area contributed by atoms with Crippen LogP contribution in [0.4, 0.5) is 0 Å². The van der Waals surface area contributed by atoms with Gasteiger partial charge in [-0.05, 0) is 34.1 Å². The Kier molecular flexibility index (Phi) is 5.71. The summed E-state index contributed by atoms with van der Waals surface area (Å²) in [6, 6.07) is 0. The Labute approximate surface area is 80.4 Å². The molecule has 0 rings (SSSR count). The molecule has 0 radical (unpaired) electrons. The van der Waals surface area contributed by atoms with E-state index in [9.17, 15) is 4.79 Å². The molecule has 0 saturated carbocycles. The van der Waals surface area contributed by atoms with Gasteiger partial charge in [0.05, 0.1) is 12.2 Å². The zero-order valence-corrected chi connectivity index (χ0v) is 9.16. The van der Waals surface area contributed by atoms with Crippen molar-refractivity contribution in [2.24, 2.45) is 0 Å². The Balaban J connectivity index is 3.99. The summed E-state index contributed by atoms with van der Waals surface area (Å²) in [7, 11) is 0. The van der Waals surface area contributed by atoms with Crippen molar-refractivity contribution >= 4 is 5.97 Å². The van der Waals surface area contributed by atoms with Crippen LogP contribution >= 0.6 is 0 Å². The summed E-state index contributed by atoms with van der Waals surface area (Å²) >= 11 is 0. The molecule has 1 atom stereocenters. The second-order valence-electron chi connectivity index (χ2n) is 3.57. The molecule has 0 aromatic rings. The Morgan fingerprint density at radius 1 is 1.15 bits per heavy atom. The molecular formula is C10H20O3. The molecule has 0 amide bonds. The minimum absolute atomic E-state index is 0.0599. The van der Waals surface area contributed by atoms with Gasteiger partial charge in [-0.3, -0.25) is 0 Å². The standard InChI is InChI=1S/C10H20O3/c1-6-9(12-7(2)3)10(11)13-8(4)5/h7-9H,6H2,1-5H3/t9-/m1/s1. The first-order valence-electron chi connectivity index (χ1n) is 4.83. The second kappa shape index (κ2) is 5.97. The van der Waals surface area contributed by atoms with Gasteiger partial charge in [-0.2, -0.15) is 0 Å². The van der Waals surface area contributed by atoms with Crippen molar-refractivity contribution in [1.82, 2.24) is 0 Å². The van der Waals surface area contributed by atoms with Gasteiger partial charge >= 0.3 is 5.97 Å². The molecule has 0 bridgehead atoms. The molecule has 0 aromatic carbocycles. The molecule has 0 spiro atoms. The van der Waals surface area contributed by atoms with Crippen molar-refractivity contribution in [2.45, 2.75) is 59.4 Å². The lowest BCUT2D eigenvalue weighted by atomic mass is 10.2. The first-order valence-corrected chi connectivity index (χ1v) is 4.83. The Hall–Kier alpha value is -0.570. The fraction of sp³-hybridized carbons (Fsp3) is 0.900. The molecule has 0 aliphatic rings. The largest absolute Gasteiger partial charge is 0.461 e. The summed E-state index contributed by atoms with van der Waals surface area (Å²) in [5.74, 6) is -0.258. The monoisotopic (exact) mass is 188 g/mol. The zero-order chi connectivity index (χ0) is 10.4. The maximum absolute atomic E-state index is 11.4. The lowest BCUT2D eigenvalue weighted by molar-refractivity contribution is -0.164. The van der Waals surface area contributed by atoms with Crippen molar-refractivity contribution in [3.05, 3.63) is 0 Å². The maximum Gasteiger partial charge on any atom is 0.335 e. The Bertz CT molecular complexity index is 152. The van der Waals surface area contributed by atoms with Gasteiger partial charge in [-0.25, -0.2) is 4.79 Å². The lowest BCUT2D eigenvalue weighted by Crippen LogP contribution is -2.30. The van der Waals surface area contributed by atoms with Crippen LogP contribution in [0.3, 0.4) is 0 Å². The van der Waals surface area contributed by atoms with E-state index < -0.39 is 6.10 Å². The van der Waals surface area contributed by atoms with Crippen LogP contribution < -0.4 is 0 Å². The highest BCUT2D eigenvalue weighted by Crippen LogP contribution is 2.06. The van der Waals surface area contributed by atoms with E-state index in [1.165, 1.54) is 0 Å². The molecule has 0 aliphatic heterocycles. The third kappa shape index (κ3) is 5.64. The minimum Gasteiger partial charge on any atom is -0.461 e. The molecule has 0 heterocycles. The van der Waals surface area contributed by atoms with Gasteiger partial charge in [0.25, 0.3) is 0 Å². The molecule has 3 nitrogen and oxygen atoms in total. The predicted molar refractivity (Wildman–Crippen MR) is 51.5 cm³/mol. The van der Waals surface area contributed by atoms with Crippen molar-refractivity contribution in [3.8, 4) is 0 Å². The number of hydrogen-bond acceptors (Lipinski definition) is 3. The molecule has 0 aliphatic carbocycles. The fourth-order valence-corrected chi connectivity index (χ4v) is 0.955. The van der Waals surface area contributed by atoms with E-state index in [4.69, 9.17) is 9.47 Å². The summed E-state index contributed by atoms with van der Waals surface area (Å²) in [5, 5.41) is 0. The van der Waals surface area contributed by atoms with E-state index in [1.54, 1.807) is 0 Å². The number of ether oxygens (including phenoxy) is 2. The van der Waals surface area contributed by atoms with Gasteiger partial charge in [0.1, 0.15) is 0 Å². The average molecular weight is 188 g/mol. The molecule has 13 heavy (non-hydrogen) atoms. The smallest absolute Gasteiger partial charge is 0.335 e. The quantitative estimate of drug-likeness (QED) is 0.620. The molecular weight excluding hydrogens is 168 g/mol. The van der Waals surface area contributed by atoms with Crippen LogP contribution in [0.2, 0.25) is 0 Å². The van der Waals surface area contributed by atoms with Gasteiger partial charge in [0, 0.05) is 0 Å². The van der Waals surface area contributed by atoms with Gasteiger partial charge < -0.3 is 9.47 Å². The van der Waals surface area contributed by atoms with E-state index in [-0.39, 0.29) is 18.2 Å².